The van der Waals surface area contributed by atoms with Gasteiger partial charge in [-0.1, -0.05) is 23.7 Å². The Kier molecular flexibility index (Phi) is 4.63. The summed E-state index contributed by atoms with van der Waals surface area (Å²) in [6.45, 7) is 1.94. The predicted octanol–water partition coefficient (Wildman–Crippen LogP) is 4.14. The summed E-state index contributed by atoms with van der Waals surface area (Å²) in [6, 6.07) is 12.3. The van der Waals surface area contributed by atoms with E-state index in [0.717, 1.165) is 11.3 Å². The number of nitrogens with two attached hydrogens (primary N) is 1. The van der Waals surface area contributed by atoms with Crippen LogP contribution in [0.3, 0.4) is 0 Å². The van der Waals surface area contributed by atoms with Crippen LogP contribution in [0.1, 0.15) is 12.5 Å². The van der Waals surface area contributed by atoms with Crippen molar-refractivity contribution in [2.75, 3.05) is 11.9 Å². The maximum absolute atomic E-state index is 13.9. The Labute approximate surface area is 124 Å². The standard InChI is InChI=1S/C16H18ClFN2/c1-11(19)9-12-10-13(17)7-8-15(12)20(2)16-6-4-3-5-14(16)18/h3-8,10-11H,9,19H2,1-2H3. The molecule has 0 aliphatic carbocycles. The van der Waals surface area contributed by atoms with Crippen LogP contribution in [0.15, 0.2) is 42.5 Å². The van der Waals surface area contributed by atoms with Gasteiger partial charge in [0.25, 0.3) is 0 Å². The molecule has 0 saturated carbocycles. The summed E-state index contributed by atoms with van der Waals surface area (Å²) in [6.07, 6.45) is 0.689. The third kappa shape index (κ3) is 3.30. The minimum Gasteiger partial charge on any atom is -0.342 e. The maximum atomic E-state index is 13.9. The maximum Gasteiger partial charge on any atom is 0.146 e. The molecule has 0 amide bonds. The molecule has 0 spiro atoms. The number of halogens is 2. The molecule has 1 atom stereocenters. The van der Waals surface area contributed by atoms with E-state index in [2.05, 4.69) is 0 Å². The van der Waals surface area contributed by atoms with Gasteiger partial charge in [0.1, 0.15) is 5.82 Å². The smallest absolute Gasteiger partial charge is 0.146 e. The second-order valence-electron chi connectivity index (χ2n) is 4.96. The van der Waals surface area contributed by atoms with Crippen LogP contribution in [0.4, 0.5) is 15.8 Å². The molecule has 0 radical (unpaired) electrons. The number of rotatable bonds is 4. The van der Waals surface area contributed by atoms with E-state index in [1.807, 2.05) is 37.1 Å². The first kappa shape index (κ1) is 14.8. The van der Waals surface area contributed by atoms with Crippen LogP contribution < -0.4 is 10.6 Å². The van der Waals surface area contributed by atoms with Gasteiger partial charge in [0.2, 0.25) is 0 Å². The third-order valence-corrected chi connectivity index (χ3v) is 3.39. The second-order valence-corrected chi connectivity index (χ2v) is 5.40. The zero-order valence-corrected chi connectivity index (χ0v) is 12.4. The van der Waals surface area contributed by atoms with E-state index >= 15 is 0 Å². The van der Waals surface area contributed by atoms with Crippen LogP contribution in [-0.2, 0) is 6.42 Å². The lowest BCUT2D eigenvalue weighted by Crippen LogP contribution is -2.20. The Bertz CT molecular complexity index is 599. The van der Waals surface area contributed by atoms with Gasteiger partial charge in [-0.15, -0.1) is 0 Å². The van der Waals surface area contributed by atoms with Gasteiger partial charge >= 0.3 is 0 Å². The van der Waals surface area contributed by atoms with Crippen molar-refractivity contribution in [2.45, 2.75) is 19.4 Å². The fourth-order valence-corrected chi connectivity index (χ4v) is 2.44. The van der Waals surface area contributed by atoms with Crippen molar-refractivity contribution in [2.24, 2.45) is 5.73 Å². The Hall–Kier alpha value is -1.58. The van der Waals surface area contributed by atoms with E-state index in [4.69, 9.17) is 17.3 Å². The van der Waals surface area contributed by atoms with Crippen LogP contribution in [0.25, 0.3) is 0 Å². The quantitative estimate of drug-likeness (QED) is 0.918. The summed E-state index contributed by atoms with van der Waals surface area (Å²) in [5.74, 6) is -0.253. The van der Waals surface area contributed by atoms with E-state index in [1.165, 1.54) is 6.07 Å². The summed E-state index contributed by atoms with van der Waals surface area (Å²) < 4.78 is 13.9. The first-order valence-corrected chi connectivity index (χ1v) is 6.89. The van der Waals surface area contributed by atoms with Crippen molar-refractivity contribution in [3.05, 3.63) is 58.9 Å². The van der Waals surface area contributed by atoms with Crippen molar-refractivity contribution >= 4 is 23.0 Å². The molecule has 0 aromatic heterocycles. The number of nitrogens with zero attached hydrogens (tertiary/aromatic N) is 1. The van der Waals surface area contributed by atoms with Gasteiger partial charge in [0.05, 0.1) is 5.69 Å². The van der Waals surface area contributed by atoms with Crippen LogP contribution in [-0.4, -0.2) is 13.1 Å². The topological polar surface area (TPSA) is 29.3 Å². The second kappa shape index (κ2) is 6.25. The van der Waals surface area contributed by atoms with Crippen LogP contribution >= 0.6 is 11.6 Å². The first-order chi connectivity index (χ1) is 9.49. The minimum absolute atomic E-state index is 0.0150. The molecule has 1 unspecified atom stereocenters. The Morgan fingerprint density at radius 2 is 1.90 bits per heavy atom. The Balaban J connectivity index is 2.44. The van der Waals surface area contributed by atoms with Crippen LogP contribution in [0.2, 0.25) is 5.02 Å². The van der Waals surface area contributed by atoms with E-state index < -0.39 is 0 Å². The molecule has 106 valence electrons. The zero-order valence-electron chi connectivity index (χ0n) is 11.6. The summed E-state index contributed by atoms with van der Waals surface area (Å²) in [5.41, 5.74) is 8.33. The number of anilines is 2. The van der Waals surface area contributed by atoms with Crippen molar-refractivity contribution < 1.29 is 4.39 Å². The summed E-state index contributed by atoms with van der Waals surface area (Å²) in [7, 11) is 1.84. The molecule has 2 rings (SSSR count). The van der Waals surface area contributed by atoms with E-state index in [1.54, 1.807) is 18.2 Å². The highest BCUT2D eigenvalue weighted by molar-refractivity contribution is 6.30. The molecule has 2 aromatic rings. The molecule has 2 N–H and O–H groups in total. The SMILES string of the molecule is CC(N)Cc1cc(Cl)ccc1N(C)c1ccccc1F. The van der Waals surface area contributed by atoms with Gasteiger partial charge < -0.3 is 10.6 Å². The van der Waals surface area contributed by atoms with Crippen molar-refractivity contribution in [1.29, 1.82) is 0 Å². The van der Waals surface area contributed by atoms with Gasteiger partial charge in [0.15, 0.2) is 0 Å². The van der Waals surface area contributed by atoms with E-state index in [0.29, 0.717) is 17.1 Å². The Morgan fingerprint density at radius 3 is 2.55 bits per heavy atom. The van der Waals surface area contributed by atoms with Crippen molar-refractivity contribution in [3.63, 3.8) is 0 Å². The average molecular weight is 293 g/mol. The third-order valence-electron chi connectivity index (χ3n) is 3.16. The van der Waals surface area contributed by atoms with Crippen molar-refractivity contribution in [3.8, 4) is 0 Å². The molecule has 0 heterocycles. The van der Waals surface area contributed by atoms with Crippen molar-refractivity contribution in [1.82, 2.24) is 0 Å². The molecule has 2 nitrogen and oxygen atoms in total. The van der Waals surface area contributed by atoms with Gasteiger partial charge in [-0.25, -0.2) is 4.39 Å². The summed E-state index contributed by atoms with van der Waals surface area (Å²) >= 11 is 6.05. The first-order valence-electron chi connectivity index (χ1n) is 6.51. The largest absolute Gasteiger partial charge is 0.342 e. The number of para-hydroxylation sites is 1. The highest BCUT2D eigenvalue weighted by Crippen LogP contribution is 2.31. The van der Waals surface area contributed by atoms with Gasteiger partial charge in [-0.3, -0.25) is 0 Å². The number of hydrogen-bond acceptors (Lipinski definition) is 2. The van der Waals surface area contributed by atoms with Crippen LogP contribution in [0.5, 0.6) is 0 Å². The zero-order chi connectivity index (χ0) is 14.7. The van der Waals surface area contributed by atoms with Gasteiger partial charge in [-0.05, 0) is 49.2 Å². The minimum atomic E-state index is -0.253. The lowest BCUT2D eigenvalue weighted by Gasteiger charge is -2.24. The molecule has 0 aliphatic heterocycles. The fourth-order valence-electron chi connectivity index (χ4n) is 2.25. The lowest BCUT2D eigenvalue weighted by atomic mass is 10.0. The Morgan fingerprint density at radius 1 is 1.20 bits per heavy atom. The molecule has 2 aromatic carbocycles. The lowest BCUT2D eigenvalue weighted by molar-refractivity contribution is 0.627. The molecule has 20 heavy (non-hydrogen) atoms. The highest BCUT2D eigenvalue weighted by Gasteiger charge is 2.14. The molecule has 4 heteroatoms. The van der Waals surface area contributed by atoms with E-state index in [9.17, 15) is 4.39 Å². The highest BCUT2D eigenvalue weighted by atomic mass is 35.5. The fraction of sp³-hybridized carbons (Fsp3) is 0.250. The predicted molar refractivity (Wildman–Crippen MR) is 83.3 cm³/mol. The molecule has 0 bridgehead atoms. The molecule has 0 aliphatic rings. The monoisotopic (exact) mass is 292 g/mol. The summed E-state index contributed by atoms with van der Waals surface area (Å²) in [4.78, 5) is 1.82. The van der Waals surface area contributed by atoms with E-state index in [-0.39, 0.29) is 11.9 Å². The molecule has 0 fully saturated rings. The average Bonchev–Trinajstić information content (AvgIpc) is 2.38. The van der Waals surface area contributed by atoms with Gasteiger partial charge in [-0.2, -0.15) is 0 Å². The van der Waals surface area contributed by atoms with Gasteiger partial charge in [0, 0.05) is 23.8 Å². The number of hydrogen-bond donors (Lipinski definition) is 1. The molecular weight excluding hydrogens is 275 g/mol. The number of benzene rings is 2. The molecule has 0 saturated heterocycles. The molecular formula is C16H18ClFN2. The summed E-state index contributed by atoms with van der Waals surface area (Å²) in [5, 5.41) is 0.659. The van der Waals surface area contributed by atoms with Crippen LogP contribution in [0, 0.1) is 5.82 Å². The normalized spacial score (nSPS) is 12.2.